The molecule has 0 atom stereocenters. The predicted octanol–water partition coefficient (Wildman–Crippen LogP) is 3.97. The van der Waals surface area contributed by atoms with E-state index in [2.05, 4.69) is 35.8 Å². The van der Waals surface area contributed by atoms with Crippen LogP contribution in [-0.2, 0) is 0 Å². The van der Waals surface area contributed by atoms with Crippen LogP contribution < -0.4 is 5.32 Å². The third kappa shape index (κ3) is 3.05. The first-order valence-electron chi connectivity index (χ1n) is 6.81. The summed E-state index contributed by atoms with van der Waals surface area (Å²) in [7, 11) is 0. The number of rotatable bonds is 4. The molecule has 1 saturated carbocycles. The Hall–Kier alpha value is -1.74. The van der Waals surface area contributed by atoms with Gasteiger partial charge in [-0.2, -0.15) is 0 Å². The van der Waals surface area contributed by atoms with Crippen molar-refractivity contribution in [2.24, 2.45) is 0 Å². The van der Waals surface area contributed by atoms with Crippen LogP contribution in [0.2, 0.25) is 0 Å². The van der Waals surface area contributed by atoms with Crippen molar-refractivity contribution in [3.05, 3.63) is 54.1 Å². The number of amides is 1. The van der Waals surface area contributed by atoms with Gasteiger partial charge in [0.2, 0.25) is 0 Å². The quantitative estimate of drug-likeness (QED) is 0.860. The van der Waals surface area contributed by atoms with Gasteiger partial charge in [-0.05, 0) is 54.5 Å². The predicted molar refractivity (Wildman–Crippen MR) is 84.1 cm³/mol. The lowest BCUT2D eigenvalue weighted by Crippen LogP contribution is -2.25. The summed E-state index contributed by atoms with van der Waals surface area (Å²) in [5.74, 6) is 0.0388. The minimum Gasteiger partial charge on any atom is -0.349 e. The minimum absolute atomic E-state index is 0.0388. The van der Waals surface area contributed by atoms with E-state index < -0.39 is 0 Å². The van der Waals surface area contributed by atoms with Crippen LogP contribution in [0.1, 0.15) is 23.2 Å². The summed E-state index contributed by atoms with van der Waals surface area (Å²) in [5, 5.41) is 3.01. The molecule has 1 fully saturated rings. The van der Waals surface area contributed by atoms with E-state index in [1.165, 1.54) is 10.5 Å². The smallest absolute Gasteiger partial charge is 0.251 e. The molecular formula is C17H17NOS. The maximum atomic E-state index is 11.9. The maximum Gasteiger partial charge on any atom is 0.251 e. The third-order valence-corrected chi connectivity index (χ3v) is 4.19. The zero-order chi connectivity index (χ0) is 13.9. The van der Waals surface area contributed by atoms with E-state index >= 15 is 0 Å². The van der Waals surface area contributed by atoms with Crippen molar-refractivity contribution in [3.8, 4) is 11.1 Å². The summed E-state index contributed by atoms with van der Waals surface area (Å²) in [6, 6.07) is 16.7. The van der Waals surface area contributed by atoms with Gasteiger partial charge in [-0.15, -0.1) is 11.8 Å². The Morgan fingerprint density at radius 3 is 2.50 bits per heavy atom. The SMILES string of the molecule is CSc1cccc(-c2ccc(C(=O)NC3CC3)cc2)c1. The summed E-state index contributed by atoms with van der Waals surface area (Å²) in [6.07, 6.45) is 4.31. The summed E-state index contributed by atoms with van der Waals surface area (Å²) in [5.41, 5.74) is 3.07. The Balaban J connectivity index is 1.79. The third-order valence-electron chi connectivity index (χ3n) is 3.46. The molecule has 0 heterocycles. The minimum atomic E-state index is 0.0388. The Labute approximate surface area is 123 Å². The molecule has 0 saturated heterocycles. The van der Waals surface area contributed by atoms with Gasteiger partial charge < -0.3 is 5.32 Å². The van der Waals surface area contributed by atoms with Gasteiger partial charge in [-0.25, -0.2) is 0 Å². The topological polar surface area (TPSA) is 29.1 Å². The Bertz CT molecular complexity index is 617. The van der Waals surface area contributed by atoms with Crippen LogP contribution in [0.15, 0.2) is 53.4 Å². The van der Waals surface area contributed by atoms with Gasteiger partial charge in [-0.3, -0.25) is 4.79 Å². The number of benzene rings is 2. The van der Waals surface area contributed by atoms with Crippen LogP contribution in [-0.4, -0.2) is 18.2 Å². The van der Waals surface area contributed by atoms with Crippen molar-refractivity contribution in [1.29, 1.82) is 0 Å². The van der Waals surface area contributed by atoms with Gasteiger partial charge in [-0.1, -0.05) is 24.3 Å². The zero-order valence-electron chi connectivity index (χ0n) is 11.4. The number of hydrogen-bond acceptors (Lipinski definition) is 2. The number of nitrogens with one attached hydrogen (secondary N) is 1. The van der Waals surface area contributed by atoms with Crippen LogP contribution in [0.25, 0.3) is 11.1 Å². The molecule has 1 N–H and O–H groups in total. The molecule has 1 aliphatic carbocycles. The Morgan fingerprint density at radius 2 is 1.85 bits per heavy atom. The van der Waals surface area contributed by atoms with E-state index in [1.54, 1.807) is 11.8 Å². The highest BCUT2D eigenvalue weighted by Crippen LogP contribution is 2.25. The summed E-state index contributed by atoms with van der Waals surface area (Å²) in [4.78, 5) is 13.2. The summed E-state index contributed by atoms with van der Waals surface area (Å²) < 4.78 is 0. The molecule has 2 aromatic carbocycles. The zero-order valence-corrected chi connectivity index (χ0v) is 12.2. The first kappa shape index (κ1) is 13.3. The monoisotopic (exact) mass is 283 g/mol. The lowest BCUT2D eigenvalue weighted by Gasteiger charge is -2.06. The molecular weight excluding hydrogens is 266 g/mol. The molecule has 0 bridgehead atoms. The molecule has 0 aliphatic heterocycles. The van der Waals surface area contributed by atoms with Gasteiger partial charge in [0.15, 0.2) is 0 Å². The van der Waals surface area contributed by atoms with Crippen LogP contribution in [0, 0.1) is 0 Å². The van der Waals surface area contributed by atoms with Gasteiger partial charge in [0, 0.05) is 16.5 Å². The second-order valence-corrected chi connectivity index (χ2v) is 5.94. The van der Waals surface area contributed by atoms with Crippen molar-refractivity contribution >= 4 is 17.7 Å². The highest BCUT2D eigenvalue weighted by Gasteiger charge is 2.23. The van der Waals surface area contributed by atoms with E-state index in [4.69, 9.17) is 0 Å². The number of carbonyl (C=O) groups excluding carboxylic acids is 1. The van der Waals surface area contributed by atoms with E-state index in [0.717, 1.165) is 24.0 Å². The number of hydrogen-bond donors (Lipinski definition) is 1. The van der Waals surface area contributed by atoms with E-state index in [9.17, 15) is 4.79 Å². The highest BCUT2D eigenvalue weighted by molar-refractivity contribution is 7.98. The first-order chi connectivity index (χ1) is 9.76. The van der Waals surface area contributed by atoms with Crippen molar-refractivity contribution in [2.45, 2.75) is 23.8 Å². The summed E-state index contributed by atoms with van der Waals surface area (Å²) in [6.45, 7) is 0. The van der Waals surface area contributed by atoms with Gasteiger partial charge >= 0.3 is 0 Å². The summed E-state index contributed by atoms with van der Waals surface area (Å²) >= 11 is 1.74. The normalized spacial score (nSPS) is 14.1. The molecule has 3 rings (SSSR count). The van der Waals surface area contributed by atoms with Gasteiger partial charge in [0.05, 0.1) is 0 Å². The molecule has 0 aromatic heterocycles. The fourth-order valence-electron chi connectivity index (χ4n) is 2.11. The highest BCUT2D eigenvalue weighted by atomic mass is 32.2. The molecule has 0 radical (unpaired) electrons. The molecule has 0 unspecified atom stereocenters. The fourth-order valence-corrected chi connectivity index (χ4v) is 2.57. The van der Waals surface area contributed by atoms with E-state index in [-0.39, 0.29) is 5.91 Å². The van der Waals surface area contributed by atoms with Crippen molar-refractivity contribution in [2.75, 3.05) is 6.26 Å². The van der Waals surface area contributed by atoms with Crippen LogP contribution >= 0.6 is 11.8 Å². The van der Waals surface area contributed by atoms with Crippen molar-refractivity contribution < 1.29 is 4.79 Å². The molecule has 102 valence electrons. The molecule has 0 spiro atoms. The first-order valence-corrected chi connectivity index (χ1v) is 8.04. The lowest BCUT2D eigenvalue weighted by atomic mass is 10.0. The number of carbonyl (C=O) groups is 1. The van der Waals surface area contributed by atoms with Crippen LogP contribution in [0.4, 0.5) is 0 Å². The largest absolute Gasteiger partial charge is 0.349 e. The second kappa shape index (κ2) is 5.71. The van der Waals surface area contributed by atoms with Crippen LogP contribution in [0.3, 0.4) is 0 Å². The molecule has 1 aliphatic rings. The molecule has 2 nitrogen and oxygen atoms in total. The standard InChI is InChI=1S/C17H17NOS/c1-20-16-4-2-3-14(11-16)12-5-7-13(8-6-12)17(19)18-15-9-10-15/h2-8,11,15H,9-10H2,1H3,(H,18,19). The van der Waals surface area contributed by atoms with Gasteiger partial charge in [0.25, 0.3) is 5.91 Å². The lowest BCUT2D eigenvalue weighted by molar-refractivity contribution is 0.0951. The van der Waals surface area contributed by atoms with E-state index in [0.29, 0.717) is 6.04 Å². The molecule has 2 aromatic rings. The Morgan fingerprint density at radius 1 is 1.10 bits per heavy atom. The van der Waals surface area contributed by atoms with Gasteiger partial charge in [0.1, 0.15) is 0 Å². The van der Waals surface area contributed by atoms with Crippen molar-refractivity contribution in [3.63, 3.8) is 0 Å². The average Bonchev–Trinajstić information content (AvgIpc) is 3.31. The fraction of sp³-hybridized carbons (Fsp3) is 0.235. The number of thioether (sulfide) groups is 1. The Kier molecular flexibility index (Phi) is 3.79. The van der Waals surface area contributed by atoms with E-state index in [1.807, 2.05) is 24.3 Å². The second-order valence-electron chi connectivity index (χ2n) is 5.06. The molecule has 3 heteroatoms. The average molecular weight is 283 g/mol. The van der Waals surface area contributed by atoms with Crippen LogP contribution in [0.5, 0.6) is 0 Å². The maximum absolute atomic E-state index is 11.9. The van der Waals surface area contributed by atoms with Crippen molar-refractivity contribution in [1.82, 2.24) is 5.32 Å². The molecule has 20 heavy (non-hydrogen) atoms. The molecule has 1 amide bonds.